The van der Waals surface area contributed by atoms with E-state index >= 15 is 0 Å². The third kappa shape index (κ3) is 3.71. The van der Waals surface area contributed by atoms with E-state index in [1.165, 1.54) is 0 Å². The average Bonchev–Trinajstić information content (AvgIpc) is 3.14. The van der Waals surface area contributed by atoms with E-state index in [9.17, 15) is 0 Å². The van der Waals surface area contributed by atoms with Crippen LogP contribution in [-0.4, -0.2) is 9.55 Å². The summed E-state index contributed by atoms with van der Waals surface area (Å²) in [5.41, 5.74) is 1.01. The molecule has 1 aromatic carbocycles. The first-order chi connectivity index (χ1) is 10.7. The summed E-state index contributed by atoms with van der Waals surface area (Å²) in [5, 5.41) is 4.61. The summed E-state index contributed by atoms with van der Waals surface area (Å²) < 4.78 is 7.35. The van der Waals surface area contributed by atoms with E-state index in [1.807, 2.05) is 30.5 Å². The Hall–Kier alpha value is -1.75. The monoisotopic (exact) mass is 335 g/mol. The molecule has 3 aromatic rings. The van der Waals surface area contributed by atoms with Gasteiger partial charge in [-0.1, -0.05) is 29.3 Å². The van der Waals surface area contributed by atoms with Gasteiger partial charge in [0.25, 0.3) is 0 Å². The lowest BCUT2D eigenvalue weighted by molar-refractivity contribution is 0.477. The number of hydrogen-bond donors (Lipinski definition) is 1. The normalized spacial score (nSPS) is 11.0. The maximum atomic E-state index is 6.22. The molecule has 2 heterocycles. The zero-order valence-electron chi connectivity index (χ0n) is 11.8. The fraction of sp³-hybridized carbons (Fsp3) is 0.188. The van der Waals surface area contributed by atoms with Crippen molar-refractivity contribution in [3.8, 4) is 0 Å². The van der Waals surface area contributed by atoms with Gasteiger partial charge in [0.2, 0.25) is 0 Å². The van der Waals surface area contributed by atoms with Crippen LogP contribution in [0.25, 0.3) is 0 Å². The van der Waals surface area contributed by atoms with E-state index in [2.05, 4.69) is 14.9 Å². The molecule has 0 spiro atoms. The van der Waals surface area contributed by atoms with Crippen LogP contribution in [0.3, 0.4) is 0 Å². The van der Waals surface area contributed by atoms with Gasteiger partial charge in [0, 0.05) is 22.4 Å². The van der Waals surface area contributed by atoms with Crippen LogP contribution in [0.15, 0.2) is 53.4 Å². The maximum absolute atomic E-state index is 6.22. The molecule has 2 aromatic heterocycles. The summed E-state index contributed by atoms with van der Waals surface area (Å²) in [4.78, 5) is 4.38. The third-order valence-electron chi connectivity index (χ3n) is 3.32. The largest absolute Gasteiger partial charge is 0.468 e. The third-order valence-corrected chi connectivity index (χ3v) is 3.91. The van der Waals surface area contributed by atoms with Crippen molar-refractivity contribution >= 4 is 23.2 Å². The lowest BCUT2D eigenvalue weighted by atomic mass is 10.2. The van der Waals surface area contributed by atoms with Crippen molar-refractivity contribution in [2.75, 3.05) is 0 Å². The molecule has 0 saturated carbocycles. The summed E-state index contributed by atoms with van der Waals surface area (Å²) in [6, 6.07) is 9.34. The minimum Gasteiger partial charge on any atom is -0.468 e. The Balaban J connectivity index is 1.64. The molecule has 114 valence electrons. The number of rotatable bonds is 6. The van der Waals surface area contributed by atoms with Gasteiger partial charge >= 0.3 is 0 Å². The van der Waals surface area contributed by atoms with Crippen LogP contribution in [0.2, 0.25) is 10.0 Å². The van der Waals surface area contributed by atoms with Crippen molar-refractivity contribution in [1.82, 2.24) is 14.9 Å². The first-order valence-corrected chi connectivity index (χ1v) is 7.65. The lowest BCUT2D eigenvalue weighted by Crippen LogP contribution is -2.16. The van der Waals surface area contributed by atoms with E-state index in [0.717, 1.165) is 17.1 Å². The molecule has 0 bridgehead atoms. The van der Waals surface area contributed by atoms with Crippen molar-refractivity contribution in [3.63, 3.8) is 0 Å². The molecule has 1 N–H and O–H groups in total. The Bertz CT molecular complexity index is 738. The Labute approximate surface area is 138 Å². The SMILES string of the molecule is Clc1ccc(Cn2ccnc2CNCc2ccco2)c(Cl)c1. The number of halogens is 2. The molecular formula is C16H15Cl2N3O. The van der Waals surface area contributed by atoms with Crippen LogP contribution in [0.5, 0.6) is 0 Å². The van der Waals surface area contributed by atoms with Crippen molar-refractivity contribution in [1.29, 1.82) is 0 Å². The summed E-state index contributed by atoms with van der Waals surface area (Å²) >= 11 is 12.1. The van der Waals surface area contributed by atoms with Gasteiger partial charge < -0.3 is 14.3 Å². The highest BCUT2D eigenvalue weighted by molar-refractivity contribution is 6.35. The highest BCUT2D eigenvalue weighted by atomic mass is 35.5. The Morgan fingerprint density at radius 3 is 2.86 bits per heavy atom. The highest BCUT2D eigenvalue weighted by Crippen LogP contribution is 2.22. The highest BCUT2D eigenvalue weighted by Gasteiger charge is 2.07. The molecule has 0 unspecified atom stereocenters. The maximum Gasteiger partial charge on any atom is 0.122 e. The number of hydrogen-bond acceptors (Lipinski definition) is 3. The Kier molecular flexibility index (Phi) is 4.83. The number of furan rings is 1. The molecule has 0 aliphatic heterocycles. The van der Waals surface area contributed by atoms with Crippen molar-refractivity contribution in [3.05, 3.63) is 76.2 Å². The topological polar surface area (TPSA) is 43.0 Å². The summed E-state index contributed by atoms with van der Waals surface area (Å²) in [6.45, 7) is 1.98. The van der Waals surface area contributed by atoms with Crippen LogP contribution < -0.4 is 5.32 Å². The van der Waals surface area contributed by atoms with E-state index in [-0.39, 0.29) is 0 Å². The van der Waals surface area contributed by atoms with Gasteiger partial charge in [-0.3, -0.25) is 0 Å². The van der Waals surface area contributed by atoms with Gasteiger partial charge in [-0.2, -0.15) is 0 Å². The molecule has 0 radical (unpaired) electrons. The van der Waals surface area contributed by atoms with Gasteiger partial charge in [0.15, 0.2) is 0 Å². The summed E-state index contributed by atoms with van der Waals surface area (Å²) in [5.74, 6) is 1.84. The minimum absolute atomic E-state index is 0.639. The number of nitrogens with one attached hydrogen (secondary N) is 1. The molecule has 0 fully saturated rings. The van der Waals surface area contributed by atoms with Crippen molar-refractivity contribution in [2.24, 2.45) is 0 Å². The first-order valence-electron chi connectivity index (χ1n) is 6.89. The minimum atomic E-state index is 0.639. The van der Waals surface area contributed by atoms with Crippen molar-refractivity contribution < 1.29 is 4.42 Å². The number of aromatic nitrogens is 2. The lowest BCUT2D eigenvalue weighted by Gasteiger charge is -2.10. The van der Waals surface area contributed by atoms with Gasteiger partial charge in [0.05, 0.1) is 25.9 Å². The Morgan fingerprint density at radius 2 is 2.09 bits per heavy atom. The second kappa shape index (κ2) is 7.01. The first kappa shape index (κ1) is 15.2. The second-order valence-corrected chi connectivity index (χ2v) is 5.73. The smallest absolute Gasteiger partial charge is 0.122 e. The molecule has 4 nitrogen and oxygen atoms in total. The molecule has 0 aliphatic carbocycles. The summed E-state index contributed by atoms with van der Waals surface area (Å²) in [6.07, 6.45) is 5.39. The van der Waals surface area contributed by atoms with Gasteiger partial charge in [-0.05, 0) is 29.8 Å². The van der Waals surface area contributed by atoms with E-state index < -0.39 is 0 Å². The molecule has 22 heavy (non-hydrogen) atoms. The standard InChI is InChI=1S/C16H15Cl2N3O/c17-13-4-3-12(15(18)8-13)11-21-6-5-20-16(21)10-19-9-14-2-1-7-22-14/h1-8,19H,9-11H2. The van der Waals surface area contributed by atoms with E-state index in [1.54, 1.807) is 18.5 Å². The van der Waals surface area contributed by atoms with Gasteiger partial charge in [-0.15, -0.1) is 0 Å². The molecular weight excluding hydrogens is 321 g/mol. The van der Waals surface area contributed by atoms with Gasteiger partial charge in [0.1, 0.15) is 11.6 Å². The molecule has 0 amide bonds. The van der Waals surface area contributed by atoms with E-state index in [0.29, 0.717) is 29.7 Å². The molecule has 0 aliphatic rings. The predicted octanol–water partition coefficient (Wildman–Crippen LogP) is 4.12. The number of imidazole rings is 1. The van der Waals surface area contributed by atoms with Gasteiger partial charge in [-0.25, -0.2) is 4.98 Å². The number of benzene rings is 1. The molecule has 0 saturated heterocycles. The molecule has 3 rings (SSSR count). The summed E-state index contributed by atoms with van der Waals surface area (Å²) in [7, 11) is 0. The van der Waals surface area contributed by atoms with Crippen LogP contribution >= 0.6 is 23.2 Å². The zero-order chi connectivity index (χ0) is 15.4. The van der Waals surface area contributed by atoms with Crippen LogP contribution in [-0.2, 0) is 19.6 Å². The van der Waals surface area contributed by atoms with Crippen LogP contribution in [0.1, 0.15) is 17.1 Å². The van der Waals surface area contributed by atoms with Crippen LogP contribution in [0, 0.1) is 0 Å². The van der Waals surface area contributed by atoms with E-state index in [4.69, 9.17) is 27.6 Å². The van der Waals surface area contributed by atoms with Crippen LogP contribution in [0.4, 0.5) is 0 Å². The molecule has 6 heteroatoms. The number of nitrogens with zero attached hydrogens (tertiary/aromatic N) is 2. The van der Waals surface area contributed by atoms with Crippen molar-refractivity contribution in [2.45, 2.75) is 19.6 Å². The Morgan fingerprint density at radius 1 is 1.18 bits per heavy atom. The molecule has 0 atom stereocenters. The zero-order valence-corrected chi connectivity index (χ0v) is 13.3. The average molecular weight is 336 g/mol. The fourth-order valence-electron chi connectivity index (χ4n) is 2.20. The quantitative estimate of drug-likeness (QED) is 0.736. The fourth-order valence-corrected chi connectivity index (χ4v) is 2.66. The second-order valence-electron chi connectivity index (χ2n) is 4.89. The predicted molar refractivity (Wildman–Crippen MR) is 87.0 cm³/mol.